The molecular formula is C17H20O5. The third-order valence-corrected chi connectivity index (χ3v) is 3.86. The molecule has 1 atom stereocenters. The maximum atomic E-state index is 11.6. The number of hydrogen-bond donors (Lipinski definition) is 1. The molecule has 0 radical (unpaired) electrons. The van der Waals surface area contributed by atoms with Crippen molar-refractivity contribution < 1.29 is 19.0 Å². The van der Waals surface area contributed by atoms with Crippen LogP contribution in [0.4, 0.5) is 0 Å². The van der Waals surface area contributed by atoms with Gasteiger partial charge in [-0.15, -0.1) is 0 Å². The zero-order valence-corrected chi connectivity index (χ0v) is 12.6. The summed E-state index contributed by atoms with van der Waals surface area (Å²) in [5, 5.41) is 10.5. The van der Waals surface area contributed by atoms with E-state index in [0.29, 0.717) is 29.7 Å². The topological polar surface area (TPSA) is 68.9 Å². The van der Waals surface area contributed by atoms with Gasteiger partial charge in [-0.1, -0.05) is 13.3 Å². The first-order valence-electron chi connectivity index (χ1n) is 7.72. The Morgan fingerprint density at radius 1 is 1.41 bits per heavy atom. The highest BCUT2D eigenvalue weighted by molar-refractivity contribution is 5.87. The number of ether oxygens (including phenoxy) is 2. The molecule has 2 heterocycles. The van der Waals surface area contributed by atoms with Crippen LogP contribution >= 0.6 is 0 Å². The van der Waals surface area contributed by atoms with Gasteiger partial charge in [0.05, 0.1) is 18.1 Å². The second-order valence-corrected chi connectivity index (χ2v) is 5.58. The van der Waals surface area contributed by atoms with E-state index >= 15 is 0 Å². The maximum Gasteiger partial charge on any atom is 0.339 e. The van der Waals surface area contributed by atoms with Crippen LogP contribution in [0.15, 0.2) is 27.4 Å². The van der Waals surface area contributed by atoms with Crippen LogP contribution in [0.2, 0.25) is 0 Å². The summed E-state index contributed by atoms with van der Waals surface area (Å²) in [6, 6.07) is 4.65. The van der Waals surface area contributed by atoms with Gasteiger partial charge in [0, 0.05) is 12.2 Å². The second-order valence-electron chi connectivity index (χ2n) is 5.58. The zero-order valence-electron chi connectivity index (χ0n) is 12.6. The zero-order chi connectivity index (χ0) is 15.5. The first kappa shape index (κ1) is 14.9. The van der Waals surface area contributed by atoms with E-state index in [1.807, 2.05) is 13.0 Å². The molecule has 1 saturated heterocycles. The van der Waals surface area contributed by atoms with Crippen LogP contribution in [0.1, 0.15) is 31.7 Å². The summed E-state index contributed by atoms with van der Waals surface area (Å²) in [5.41, 5.74) is 0.695. The van der Waals surface area contributed by atoms with E-state index in [1.165, 1.54) is 0 Å². The molecular weight excluding hydrogens is 284 g/mol. The fourth-order valence-electron chi connectivity index (χ4n) is 2.83. The molecule has 22 heavy (non-hydrogen) atoms. The Morgan fingerprint density at radius 2 is 2.27 bits per heavy atom. The van der Waals surface area contributed by atoms with Crippen LogP contribution in [0.25, 0.3) is 11.0 Å². The van der Waals surface area contributed by atoms with Crippen molar-refractivity contribution in [3.8, 4) is 11.5 Å². The van der Waals surface area contributed by atoms with Crippen LogP contribution in [-0.2, 0) is 11.2 Å². The number of aryl methyl sites for hydroxylation is 1. The highest BCUT2D eigenvalue weighted by Gasteiger charge is 2.19. The Kier molecular flexibility index (Phi) is 4.34. The van der Waals surface area contributed by atoms with E-state index in [2.05, 4.69) is 0 Å². The Labute approximate surface area is 128 Å². The van der Waals surface area contributed by atoms with Crippen molar-refractivity contribution in [1.29, 1.82) is 0 Å². The molecule has 3 rings (SSSR count). The van der Waals surface area contributed by atoms with Crippen molar-refractivity contribution in [3.63, 3.8) is 0 Å². The van der Waals surface area contributed by atoms with Crippen LogP contribution in [-0.4, -0.2) is 24.4 Å². The van der Waals surface area contributed by atoms with Gasteiger partial charge in [-0.3, -0.25) is 0 Å². The smallest absolute Gasteiger partial charge is 0.339 e. The predicted octanol–water partition coefficient (Wildman–Crippen LogP) is 3.01. The van der Waals surface area contributed by atoms with Crippen molar-refractivity contribution >= 4 is 11.0 Å². The number of fused-ring (bicyclic) bond motifs is 1. The summed E-state index contributed by atoms with van der Waals surface area (Å²) in [4.78, 5) is 11.6. The lowest BCUT2D eigenvalue weighted by atomic mass is 10.0. The fraction of sp³-hybridized carbons (Fsp3) is 0.471. The van der Waals surface area contributed by atoms with Crippen LogP contribution in [0.5, 0.6) is 11.5 Å². The van der Waals surface area contributed by atoms with Gasteiger partial charge in [0.15, 0.2) is 0 Å². The molecule has 5 nitrogen and oxygen atoms in total. The van der Waals surface area contributed by atoms with Gasteiger partial charge in [-0.05, 0) is 31.4 Å². The minimum absolute atomic E-state index is 0.0193. The summed E-state index contributed by atoms with van der Waals surface area (Å²) < 4.78 is 16.8. The van der Waals surface area contributed by atoms with Crippen LogP contribution in [0, 0.1) is 0 Å². The van der Waals surface area contributed by atoms with Crippen molar-refractivity contribution in [2.45, 2.75) is 38.7 Å². The molecule has 0 saturated carbocycles. The number of rotatable bonds is 4. The fourth-order valence-corrected chi connectivity index (χ4v) is 2.83. The lowest BCUT2D eigenvalue weighted by molar-refractivity contribution is 0.00707. The molecule has 1 unspecified atom stereocenters. The Bertz CT molecular complexity index is 713. The highest BCUT2D eigenvalue weighted by Crippen LogP contribution is 2.33. The average molecular weight is 304 g/mol. The largest absolute Gasteiger partial charge is 0.507 e. The molecule has 1 fully saturated rings. The SMILES string of the molecule is CCCc1c(OC2CCCOC2)ccc2c(O)cc(=O)oc12. The lowest BCUT2D eigenvalue weighted by Gasteiger charge is -2.24. The van der Waals surface area contributed by atoms with Crippen LogP contribution < -0.4 is 10.4 Å². The summed E-state index contributed by atoms with van der Waals surface area (Å²) in [6.45, 7) is 3.41. The average Bonchev–Trinajstić information content (AvgIpc) is 2.51. The number of benzene rings is 1. The first-order chi connectivity index (χ1) is 10.7. The molecule has 118 valence electrons. The number of hydrogen-bond acceptors (Lipinski definition) is 5. The van der Waals surface area contributed by atoms with E-state index in [1.54, 1.807) is 6.07 Å². The highest BCUT2D eigenvalue weighted by atomic mass is 16.5. The summed E-state index contributed by atoms with van der Waals surface area (Å²) in [7, 11) is 0. The molecule has 0 spiro atoms. The van der Waals surface area contributed by atoms with Gasteiger partial charge < -0.3 is 19.0 Å². The third kappa shape index (κ3) is 2.95. The number of aromatic hydroxyl groups is 1. The van der Waals surface area contributed by atoms with Gasteiger partial charge >= 0.3 is 5.63 Å². The monoisotopic (exact) mass is 304 g/mol. The van der Waals surface area contributed by atoms with Gasteiger partial charge in [-0.25, -0.2) is 4.79 Å². The molecule has 1 aromatic heterocycles. The Hall–Kier alpha value is -2.01. The Balaban J connectivity index is 2.05. The van der Waals surface area contributed by atoms with Gasteiger partial charge in [0.25, 0.3) is 0 Å². The first-order valence-corrected chi connectivity index (χ1v) is 7.72. The molecule has 5 heteroatoms. The van der Waals surface area contributed by atoms with Gasteiger partial charge in [0.2, 0.25) is 0 Å². The van der Waals surface area contributed by atoms with Gasteiger partial charge in [0.1, 0.15) is 23.2 Å². The van der Waals surface area contributed by atoms with E-state index in [4.69, 9.17) is 13.9 Å². The Morgan fingerprint density at radius 3 is 3.00 bits per heavy atom. The lowest BCUT2D eigenvalue weighted by Crippen LogP contribution is -2.28. The molecule has 1 aliphatic heterocycles. The predicted molar refractivity (Wildman–Crippen MR) is 82.6 cm³/mol. The molecule has 1 aromatic carbocycles. The van der Waals surface area contributed by atoms with E-state index in [0.717, 1.165) is 37.5 Å². The van der Waals surface area contributed by atoms with Gasteiger partial charge in [-0.2, -0.15) is 0 Å². The molecule has 2 aromatic rings. The quantitative estimate of drug-likeness (QED) is 0.879. The third-order valence-electron chi connectivity index (χ3n) is 3.86. The van der Waals surface area contributed by atoms with Crippen molar-refractivity contribution in [1.82, 2.24) is 0 Å². The molecule has 0 amide bonds. The van der Waals surface area contributed by atoms with Crippen LogP contribution in [0.3, 0.4) is 0 Å². The van der Waals surface area contributed by atoms with Crippen molar-refractivity contribution in [2.24, 2.45) is 0 Å². The normalized spacial score (nSPS) is 18.5. The molecule has 0 aliphatic carbocycles. The standard InChI is InChI=1S/C17H20O5/c1-2-4-13-15(21-11-5-3-8-20-10-11)7-6-12-14(18)9-16(19)22-17(12)13/h6-7,9,11,18H,2-5,8,10H2,1H3. The van der Waals surface area contributed by atoms with E-state index in [9.17, 15) is 9.90 Å². The summed E-state index contributed by atoms with van der Waals surface area (Å²) in [6.07, 6.45) is 3.55. The summed E-state index contributed by atoms with van der Waals surface area (Å²) in [5.74, 6) is 0.648. The van der Waals surface area contributed by atoms with Crippen molar-refractivity contribution in [3.05, 3.63) is 34.2 Å². The van der Waals surface area contributed by atoms with Crippen molar-refractivity contribution in [2.75, 3.05) is 13.2 Å². The second kappa shape index (κ2) is 6.40. The molecule has 1 aliphatic rings. The minimum atomic E-state index is -0.555. The van der Waals surface area contributed by atoms with E-state index in [-0.39, 0.29) is 11.9 Å². The minimum Gasteiger partial charge on any atom is -0.507 e. The van der Waals surface area contributed by atoms with E-state index < -0.39 is 5.63 Å². The molecule has 0 bridgehead atoms. The summed E-state index contributed by atoms with van der Waals surface area (Å²) >= 11 is 0. The maximum absolute atomic E-state index is 11.6. The molecule has 1 N–H and O–H groups in total.